The maximum Gasteiger partial charge on any atom is 0.0488 e. The minimum absolute atomic E-state index is 0.740. The molecule has 0 saturated heterocycles. The summed E-state index contributed by atoms with van der Waals surface area (Å²) < 4.78 is 0.993. The van der Waals surface area contributed by atoms with Crippen molar-refractivity contribution in [3.8, 4) is 0 Å². The predicted octanol–water partition coefficient (Wildman–Crippen LogP) is 4.48. The monoisotopic (exact) mass is 273 g/mol. The van der Waals surface area contributed by atoms with E-state index in [-0.39, 0.29) is 0 Å². The van der Waals surface area contributed by atoms with Crippen molar-refractivity contribution in [1.82, 2.24) is 0 Å². The van der Waals surface area contributed by atoms with Gasteiger partial charge in [0.25, 0.3) is 0 Å². The first kappa shape index (κ1) is 11.6. The summed E-state index contributed by atoms with van der Waals surface area (Å²) in [6, 6.07) is 5.72. The van der Waals surface area contributed by atoms with Crippen molar-refractivity contribution >= 4 is 33.2 Å². The van der Waals surface area contributed by atoms with Crippen molar-refractivity contribution in [1.29, 1.82) is 0 Å². The van der Waals surface area contributed by atoms with E-state index in [4.69, 9.17) is 11.6 Å². The fraction of sp³-hybridized carbons (Fsp3) is 0.273. The topological polar surface area (TPSA) is 12.0 Å². The van der Waals surface area contributed by atoms with E-state index in [9.17, 15) is 0 Å². The van der Waals surface area contributed by atoms with Gasteiger partial charge in [-0.25, -0.2) is 0 Å². The van der Waals surface area contributed by atoms with Crippen LogP contribution in [0.5, 0.6) is 0 Å². The van der Waals surface area contributed by atoms with Gasteiger partial charge in [-0.05, 0) is 48.0 Å². The van der Waals surface area contributed by atoms with E-state index < -0.39 is 0 Å². The maximum atomic E-state index is 5.83. The van der Waals surface area contributed by atoms with E-state index in [1.165, 1.54) is 5.57 Å². The number of nitrogens with one attached hydrogen (secondary N) is 1. The smallest absolute Gasteiger partial charge is 0.0488 e. The molecule has 0 aromatic heterocycles. The number of hydrogen-bond acceptors (Lipinski definition) is 1. The molecule has 0 aliphatic rings. The Bertz CT molecular complexity index is 343. The zero-order chi connectivity index (χ0) is 10.6. The standard InChI is InChI=1S/C11H13BrClN/c1-8(2)5-6-14-11-4-3-9(13)7-10(11)12/h3-5,7,14H,6H2,1-2H3. The molecule has 0 aliphatic heterocycles. The number of allylic oxidation sites excluding steroid dienone is 1. The molecule has 3 heteroatoms. The van der Waals surface area contributed by atoms with E-state index in [1.807, 2.05) is 18.2 Å². The highest BCUT2D eigenvalue weighted by Crippen LogP contribution is 2.25. The highest BCUT2D eigenvalue weighted by atomic mass is 79.9. The molecule has 1 N–H and O–H groups in total. The lowest BCUT2D eigenvalue weighted by Gasteiger charge is -2.06. The molecule has 0 heterocycles. The Kier molecular flexibility index (Phi) is 4.49. The lowest BCUT2D eigenvalue weighted by atomic mass is 10.3. The zero-order valence-electron chi connectivity index (χ0n) is 8.27. The second-order valence-corrected chi connectivity index (χ2v) is 4.58. The summed E-state index contributed by atoms with van der Waals surface area (Å²) in [6.07, 6.45) is 2.14. The van der Waals surface area contributed by atoms with Crippen LogP contribution in [0.15, 0.2) is 34.3 Å². The van der Waals surface area contributed by atoms with Crippen molar-refractivity contribution in [2.75, 3.05) is 11.9 Å². The van der Waals surface area contributed by atoms with E-state index in [2.05, 4.69) is 41.2 Å². The van der Waals surface area contributed by atoms with Crippen molar-refractivity contribution < 1.29 is 0 Å². The number of anilines is 1. The summed E-state index contributed by atoms with van der Waals surface area (Å²) in [4.78, 5) is 0. The van der Waals surface area contributed by atoms with E-state index >= 15 is 0 Å². The second-order valence-electron chi connectivity index (χ2n) is 3.29. The zero-order valence-corrected chi connectivity index (χ0v) is 10.6. The molecule has 0 unspecified atom stereocenters. The fourth-order valence-electron chi connectivity index (χ4n) is 0.998. The van der Waals surface area contributed by atoms with Gasteiger partial charge in [0.2, 0.25) is 0 Å². The summed E-state index contributed by atoms with van der Waals surface area (Å²) in [7, 11) is 0. The third-order valence-electron chi connectivity index (χ3n) is 1.73. The van der Waals surface area contributed by atoms with Crippen molar-refractivity contribution in [3.05, 3.63) is 39.3 Å². The molecule has 0 aliphatic carbocycles. The summed E-state index contributed by atoms with van der Waals surface area (Å²) in [5.74, 6) is 0. The van der Waals surface area contributed by atoms with Gasteiger partial charge in [0.15, 0.2) is 0 Å². The minimum atomic E-state index is 0.740. The lowest BCUT2D eigenvalue weighted by molar-refractivity contribution is 1.26. The second kappa shape index (κ2) is 5.42. The number of hydrogen-bond donors (Lipinski definition) is 1. The van der Waals surface area contributed by atoms with Gasteiger partial charge in [-0.1, -0.05) is 23.3 Å². The first-order valence-electron chi connectivity index (χ1n) is 4.42. The number of rotatable bonds is 3. The van der Waals surface area contributed by atoms with Crippen LogP contribution in [0.3, 0.4) is 0 Å². The molecule has 0 atom stereocenters. The van der Waals surface area contributed by atoms with Gasteiger partial charge in [0, 0.05) is 21.7 Å². The molecule has 0 bridgehead atoms. The van der Waals surface area contributed by atoms with Gasteiger partial charge in [-0.2, -0.15) is 0 Å². The largest absolute Gasteiger partial charge is 0.381 e. The highest BCUT2D eigenvalue weighted by Gasteiger charge is 1.98. The summed E-state index contributed by atoms with van der Waals surface area (Å²) in [5.41, 5.74) is 2.37. The van der Waals surface area contributed by atoms with Crippen molar-refractivity contribution in [3.63, 3.8) is 0 Å². The average molecular weight is 275 g/mol. The van der Waals surface area contributed by atoms with Crippen LogP contribution < -0.4 is 5.32 Å². The maximum absolute atomic E-state index is 5.83. The van der Waals surface area contributed by atoms with Crippen LogP contribution in [0.1, 0.15) is 13.8 Å². The van der Waals surface area contributed by atoms with Crippen LogP contribution in [0.4, 0.5) is 5.69 Å². The van der Waals surface area contributed by atoms with E-state index in [0.29, 0.717) is 0 Å². The molecule has 1 aromatic carbocycles. The Morgan fingerprint density at radius 3 is 2.79 bits per heavy atom. The molecular formula is C11H13BrClN. The van der Waals surface area contributed by atoms with Gasteiger partial charge < -0.3 is 5.32 Å². The summed E-state index contributed by atoms with van der Waals surface area (Å²) in [5, 5.41) is 4.03. The van der Waals surface area contributed by atoms with Crippen molar-refractivity contribution in [2.24, 2.45) is 0 Å². The van der Waals surface area contributed by atoms with E-state index in [0.717, 1.165) is 21.7 Å². The van der Waals surface area contributed by atoms with Crippen LogP contribution in [0, 0.1) is 0 Å². The third kappa shape index (κ3) is 3.72. The number of halogens is 2. The lowest BCUT2D eigenvalue weighted by Crippen LogP contribution is -1.99. The van der Waals surface area contributed by atoms with Crippen LogP contribution in [0.2, 0.25) is 5.02 Å². The molecule has 0 saturated carbocycles. The molecule has 76 valence electrons. The van der Waals surface area contributed by atoms with Gasteiger partial charge in [0.1, 0.15) is 0 Å². The Morgan fingerprint density at radius 2 is 2.21 bits per heavy atom. The van der Waals surface area contributed by atoms with Gasteiger partial charge in [-0.15, -0.1) is 0 Å². The van der Waals surface area contributed by atoms with E-state index in [1.54, 1.807) is 0 Å². The molecule has 0 fully saturated rings. The van der Waals surface area contributed by atoms with Crippen molar-refractivity contribution in [2.45, 2.75) is 13.8 Å². The molecule has 1 aromatic rings. The van der Waals surface area contributed by atoms with Crippen LogP contribution in [0.25, 0.3) is 0 Å². The average Bonchev–Trinajstić information content (AvgIpc) is 2.08. The number of benzene rings is 1. The SMILES string of the molecule is CC(C)=CCNc1ccc(Cl)cc1Br. The van der Waals surface area contributed by atoms with Crippen LogP contribution in [-0.2, 0) is 0 Å². The Balaban J connectivity index is 2.64. The van der Waals surface area contributed by atoms with Gasteiger partial charge >= 0.3 is 0 Å². The fourth-order valence-corrected chi connectivity index (χ4v) is 1.82. The molecule has 0 amide bonds. The quantitative estimate of drug-likeness (QED) is 0.801. The molecule has 1 rings (SSSR count). The molecular weight excluding hydrogens is 261 g/mol. The predicted molar refractivity (Wildman–Crippen MR) is 67.1 cm³/mol. The normalized spacial score (nSPS) is 9.71. The first-order valence-corrected chi connectivity index (χ1v) is 5.59. The Hall–Kier alpha value is -0.470. The van der Waals surface area contributed by atoms with Gasteiger partial charge in [0.05, 0.1) is 0 Å². The molecule has 0 radical (unpaired) electrons. The van der Waals surface area contributed by atoms with Gasteiger partial charge in [-0.3, -0.25) is 0 Å². The Morgan fingerprint density at radius 1 is 1.50 bits per heavy atom. The van der Waals surface area contributed by atoms with Crippen LogP contribution in [-0.4, -0.2) is 6.54 Å². The summed E-state index contributed by atoms with van der Waals surface area (Å²) in [6.45, 7) is 5.00. The Labute approximate surface area is 98.3 Å². The first-order chi connectivity index (χ1) is 6.59. The minimum Gasteiger partial charge on any atom is -0.381 e. The molecule has 1 nitrogen and oxygen atoms in total. The molecule has 0 spiro atoms. The third-order valence-corrected chi connectivity index (χ3v) is 2.63. The summed E-state index contributed by atoms with van der Waals surface area (Å²) >= 11 is 9.28. The molecule has 14 heavy (non-hydrogen) atoms. The highest BCUT2D eigenvalue weighted by molar-refractivity contribution is 9.10. The van der Waals surface area contributed by atoms with Crippen LogP contribution >= 0.6 is 27.5 Å².